The minimum absolute atomic E-state index is 0.00651. The molecular weight excluding hydrogens is 373 g/mol. The molecule has 10 heteroatoms. The molecule has 0 saturated heterocycles. The van der Waals surface area contributed by atoms with Crippen molar-refractivity contribution in [1.82, 2.24) is 14.9 Å². The van der Waals surface area contributed by atoms with Gasteiger partial charge in [0, 0.05) is 23.7 Å². The highest BCUT2D eigenvalue weighted by Gasteiger charge is 2.33. The van der Waals surface area contributed by atoms with E-state index in [0.717, 1.165) is 17.3 Å². The Labute approximate surface area is 157 Å². The number of hydrogen-bond acceptors (Lipinski definition) is 4. The molecule has 0 fully saturated rings. The van der Waals surface area contributed by atoms with Gasteiger partial charge in [0.15, 0.2) is 5.84 Å². The first-order chi connectivity index (χ1) is 13.2. The van der Waals surface area contributed by atoms with E-state index < -0.39 is 23.5 Å². The Morgan fingerprint density at radius 2 is 1.96 bits per heavy atom. The fraction of sp³-hybridized carbons (Fsp3) is 0.111. The van der Waals surface area contributed by atoms with Crippen LogP contribution in [-0.2, 0) is 11.0 Å². The molecule has 3 rings (SSSR count). The number of amidine groups is 1. The van der Waals surface area contributed by atoms with Gasteiger partial charge in [0.2, 0.25) is 0 Å². The van der Waals surface area contributed by atoms with E-state index in [2.05, 4.69) is 15.3 Å². The monoisotopic (exact) mass is 388 g/mol. The van der Waals surface area contributed by atoms with Gasteiger partial charge in [0.05, 0.1) is 11.9 Å². The van der Waals surface area contributed by atoms with Gasteiger partial charge in [0.25, 0.3) is 5.91 Å². The van der Waals surface area contributed by atoms with E-state index >= 15 is 0 Å². The number of aromatic amines is 1. The molecule has 1 amide bonds. The van der Waals surface area contributed by atoms with Crippen molar-refractivity contribution in [1.29, 1.82) is 10.8 Å². The number of nitrogens with one attached hydrogen (secondary N) is 4. The highest BCUT2D eigenvalue weighted by atomic mass is 19.4. The number of likely N-dealkylation sites (N-methyl/N-ethyl adjacent to an activating group) is 1. The fourth-order valence-electron chi connectivity index (χ4n) is 2.59. The van der Waals surface area contributed by atoms with E-state index in [-0.39, 0.29) is 22.7 Å². The van der Waals surface area contributed by atoms with Gasteiger partial charge in [-0.05, 0) is 24.3 Å². The lowest BCUT2D eigenvalue weighted by atomic mass is 10.0. The highest BCUT2D eigenvalue weighted by Crippen LogP contribution is 2.37. The van der Waals surface area contributed by atoms with Crippen LogP contribution in [0.5, 0.6) is 0 Å². The van der Waals surface area contributed by atoms with E-state index in [1.807, 2.05) is 0 Å². The summed E-state index contributed by atoms with van der Waals surface area (Å²) in [6.45, 7) is 0. The molecule has 1 aromatic carbocycles. The summed E-state index contributed by atoms with van der Waals surface area (Å²) in [6, 6.07) is 9.82. The van der Waals surface area contributed by atoms with Crippen LogP contribution in [0.25, 0.3) is 22.3 Å². The second-order valence-electron chi connectivity index (χ2n) is 5.90. The van der Waals surface area contributed by atoms with Crippen LogP contribution in [0.3, 0.4) is 0 Å². The lowest BCUT2D eigenvalue weighted by Gasteiger charge is -2.12. The van der Waals surface area contributed by atoms with Gasteiger partial charge in [-0.15, -0.1) is 0 Å². The molecule has 0 aliphatic carbocycles. The number of alkyl halides is 3. The van der Waals surface area contributed by atoms with Crippen LogP contribution in [0.15, 0.2) is 42.5 Å². The number of halogens is 3. The van der Waals surface area contributed by atoms with Crippen LogP contribution >= 0.6 is 0 Å². The number of pyridine rings is 1. The average Bonchev–Trinajstić information content (AvgIpc) is 3.09. The van der Waals surface area contributed by atoms with Crippen LogP contribution in [-0.4, -0.2) is 40.0 Å². The second kappa shape index (κ2) is 7.14. The van der Waals surface area contributed by atoms with Crippen molar-refractivity contribution in [2.24, 2.45) is 0 Å². The van der Waals surface area contributed by atoms with Crippen LogP contribution < -0.4 is 5.32 Å². The van der Waals surface area contributed by atoms with Gasteiger partial charge in [-0.3, -0.25) is 15.6 Å². The molecule has 4 N–H and O–H groups in total. The Morgan fingerprint density at radius 1 is 1.25 bits per heavy atom. The molecule has 2 heterocycles. The lowest BCUT2D eigenvalue weighted by molar-refractivity contribution is -0.137. The quantitative estimate of drug-likeness (QED) is 0.406. The summed E-state index contributed by atoms with van der Waals surface area (Å²) in [5, 5.41) is 17.7. The Morgan fingerprint density at radius 3 is 2.64 bits per heavy atom. The van der Waals surface area contributed by atoms with E-state index in [1.165, 1.54) is 31.3 Å². The fourth-order valence-corrected chi connectivity index (χ4v) is 2.59. The first kappa shape index (κ1) is 19.1. The molecular formula is C18H15F3N6O. The Balaban J connectivity index is 1.94. The van der Waals surface area contributed by atoms with Crippen molar-refractivity contribution in [3.63, 3.8) is 0 Å². The summed E-state index contributed by atoms with van der Waals surface area (Å²) in [5.41, 5.74) is -0.238. The largest absolute Gasteiger partial charge is 0.417 e. The zero-order valence-electron chi connectivity index (χ0n) is 14.6. The number of nitrogens with zero attached hydrogens (tertiary/aromatic N) is 2. The zero-order chi connectivity index (χ0) is 20.5. The summed E-state index contributed by atoms with van der Waals surface area (Å²) in [5.74, 6) is -1.10. The number of amides is 1. The van der Waals surface area contributed by atoms with Crippen molar-refractivity contribution in [2.45, 2.75) is 6.18 Å². The number of anilines is 1. The van der Waals surface area contributed by atoms with Crippen molar-refractivity contribution in [3.8, 4) is 11.3 Å². The van der Waals surface area contributed by atoms with Gasteiger partial charge in [-0.25, -0.2) is 4.98 Å². The summed E-state index contributed by atoms with van der Waals surface area (Å²) >= 11 is 0. The summed E-state index contributed by atoms with van der Waals surface area (Å²) in [6.07, 6.45) is -3.68. The molecule has 0 aliphatic rings. The number of carbonyl (C=O) groups excluding carboxylic acids is 1. The summed E-state index contributed by atoms with van der Waals surface area (Å²) in [7, 11) is 1.38. The number of hydrogen-bond donors (Lipinski definition) is 4. The van der Waals surface area contributed by atoms with Gasteiger partial charge < -0.3 is 15.2 Å². The number of carbonyl (C=O) groups is 1. The first-order valence-corrected chi connectivity index (χ1v) is 8.00. The predicted octanol–water partition coefficient (Wildman–Crippen LogP) is 3.70. The van der Waals surface area contributed by atoms with Crippen molar-refractivity contribution in [3.05, 3.63) is 48.0 Å². The maximum atomic E-state index is 13.3. The van der Waals surface area contributed by atoms with Crippen molar-refractivity contribution in [2.75, 3.05) is 12.4 Å². The third-order valence-electron chi connectivity index (χ3n) is 4.01. The Kier molecular flexibility index (Phi) is 4.87. The van der Waals surface area contributed by atoms with Crippen LogP contribution in [0, 0.1) is 10.8 Å². The van der Waals surface area contributed by atoms with Gasteiger partial charge in [-0.2, -0.15) is 13.2 Å². The highest BCUT2D eigenvalue weighted by molar-refractivity contribution is 6.42. The van der Waals surface area contributed by atoms with E-state index in [0.29, 0.717) is 5.39 Å². The smallest absolute Gasteiger partial charge is 0.339 e. The number of benzene rings is 1. The molecule has 0 aliphatic heterocycles. The molecule has 0 unspecified atom stereocenters. The molecule has 0 radical (unpaired) electrons. The van der Waals surface area contributed by atoms with E-state index in [9.17, 15) is 18.0 Å². The number of H-pyrrole nitrogens is 1. The van der Waals surface area contributed by atoms with Crippen molar-refractivity contribution < 1.29 is 18.0 Å². The zero-order valence-corrected chi connectivity index (χ0v) is 14.6. The first-order valence-electron chi connectivity index (χ1n) is 8.00. The molecule has 2 aromatic heterocycles. The number of fused-ring (bicyclic) bond motifs is 1. The van der Waals surface area contributed by atoms with Gasteiger partial charge >= 0.3 is 6.18 Å². The minimum atomic E-state index is -4.50. The topological polar surface area (TPSA) is 109 Å². The molecule has 144 valence electrons. The van der Waals surface area contributed by atoms with Gasteiger partial charge in [-0.1, -0.05) is 18.2 Å². The lowest BCUT2D eigenvalue weighted by Crippen LogP contribution is -2.35. The molecule has 0 atom stereocenters. The maximum absolute atomic E-state index is 13.3. The van der Waals surface area contributed by atoms with E-state index in [1.54, 1.807) is 12.1 Å². The molecule has 3 aromatic rings. The predicted molar refractivity (Wildman–Crippen MR) is 99.4 cm³/mol. The molecule has 28 heavy (non-hydrogen) atoms. The molecule has 0 bridgehead atoms. The average molecular weight is 388 g/mol. The Bertz CT molecular complexity index is 1070. The van der Waals surface area contributed by atoms with Crippen molar-refractivity contribution >= 4 is 34.9 Å². The maximum Gasteiger partial charge on any atom is 0.417 e. The summed E-state index contributed by atoms with van der Waals surface area (Å²) < 4.78 is 39.8. The third-order valence-corrected chi connectivity index (χ3v) is 4.01. The molecule has 0 spiro atoms. The van der Waals surface area contributed by atoms with Gasteiger partial charge in [0.1, 0.15) is 11.5 Å². The van der Waals surface area contributed by atoms with Crippen LogP contribution in [0.4, 0.5) is 19.0 Å². The third kappa shape index (κ3) is 3.70. The molecule has 0 saturated carbocycles. The standard InChI is InChI=1S/C18H15F3N6O/c1-27(9-22)15(23)17(28)26-14-7-6-10-8-13(24-16(10)25-14)11-4-2-3-5-12(11)18(19,20)21/h2-9,22-23H,1H3,(H2,24,25,26,28). The second-order valence-corrected chi connectivity index (χ2v) is 5.90. The van der Waals surface area contributed by atoms with Crippen LogP contribution in [0.1, 0.15) is 5.56 Å². The van der Waals surface area contributed by atoms with Crippen LogP contribution in [0.2, 0.25) is 0 Å². The minimum Gasteiger partial charge on any atom is -0.339 e. The molecule has 7 nitrogen and oxygen atoms in total. The SMILES string of the molecule is CN(C=N)C(=N)C(=O)Nc1ccc2cc(-c3ccccc3C(F)(F)F)[nH]c2n1. The summed E-state index contributed by atoms with van der Waals surface area (Å²) in [4.78, 5) is 20.0. The van der Waals surface area contributed by atoms with E-state index in [4.69, 9.17) is 10.8 Å². The number of aromatic nitrogens is 2. The Hall–Kier alpha value is -3.69. The normalized spacial score (nSPS) is 11.3. The number of rotatable bonds is 3.